The van der Waals surface area contributed by atoms with Crippen molar-refractivity contribution in [1.29, 1.82) is 0 Å². The van der Waals surface area contributed by atoms with Crippen molar-refractivity contribution in [1.82, 2.24) is 0 Å². The fourth-order valence-electron chi connectivity index (χ4n) is 2.01. The van der Waals surface area contributed by atoms with Gasteiger partial charge in [0.05, 0.1) is 5.56 Å². The van der Waals surface area contributed by atoms with Gasteiger partial charge < -0.3 is 5.11 Å². The van der Waals surface area contributed by atoms with Gasteiger partial charge in [-0.15, -0.1) is 12.6 Å². The largest absolute Gasteiger partial charge is 0.478 e. The van der Waals surface area contributed by atoms with Crippen LogP contribution in [0.3, 0.4) is 0 Å². The first-order valence-corrected chi connectivity index (χ1v) is 9.04. The molecule has 0 heterocycles. The van der Waals surface area contributed by atoms with Crippen molar-refractivity contribution in [2.45, 2.75) is 28.5 Å². The molecule has 0 radical (unpaired) electrons. The van der Waals surface area contributed by atoms with E-state index in [1.54, 1.807) is 12.1 Å². The maximum atomic E-state index is 11.1. The first-order chi connectivity index (χ1) is 12.0. The van der Waals surface area contributed by atoms with Crippen molar-refractivity contribution in [3.63, 3.8) is 0 Å². The fourth-order valence-corrected chi connectivity index (χ4v) is 3.10. The highest BCUT2D eigenvalue weighted by atomic mass is 32.2. The quantitative estimate of drug-likeness (QED) is 0.546. The Morgan fingerprint density at radius 3 is 1.88 bits per heavy atom. The predicted molar refractivity (Wildman–Crippen MR) is 107 cm³/mol. The zero-order valence-electron chi connectivity index (χ0n) is 14.1. The molecule has 1 N–H and O–H groups in total. The van der Waals surface area contributed by atoms with Crippen LogP contribution in [0.25, 0.3) is 0 Å². The lowest BCUT2D eigenvalue weighted by atomic mass is 10.2. The predicted octanol–water partition coefficient (Wildman–Crippen LogP) is 6.13. The van der Waals surface area contributed by atoms with Crippen LogP contribution in [-0.2, 0) is 0 Å². The van der Waals surface area contributed by atoms with Crippen LogP contribution in [-0.4, -0.2) is 11.1 Å². The van der Waals surface area contributed by atoms with Crippen LogP contribution in [0.4, 0.5) is 0 Å². The molecule has 3 aromatic rings. The van der Waals surface area contributed by atoms with Gasteiger partial charge in [0.25, 0.3) is 0 Å². The Hall–Kier alpha value is -2.17. The van der Waals surface area contributed by atoms with Crippen LogP contribution >= 0.6 is 24.4 Å². The smallest absolute Gasteiger partial charge is 0.336 e. The van der Waals surface area contributed by atoms with Crippen LogP contribution < -0.4 is 0 Å². The van der Waals surface area contributed by atoms with Crippen LogP contribution in [0.15, 0.2) is 87.5 Å². The molecule has 25 heavy (non-hydrogen) atoms. The fraction of sp³-hybridized carbons (Fsp3) is 0.0952. The molecule has 0 aliphatic heterocycles. The molecule has 128 valence electrons. The average molecular weight is 369 g/mol. The minimum Gasteiger partial charge on any atom is -0.478 e. The van der Waals surface area contributed by atoms with Gasteiger partial charge in [0.1, 0.15) is 0 Å². The molecule has 0 spiro atoms. The number of carboxylic acids is 1. The molecule has 0 aromatic heterocycles. The van der Waals surface area contributed by atoms with Gasteiger partial charge in [0.15, 0.2) is 0 Å². The zero-order valence-corrected chi connectivity index (χ0v) is 15.9. The van der Waals surface area contributed by atoms with E-state index in [4.69, 9.17) is 5.11 Å². The number of thiol groups is 1. The van der Waals surface area contributed by atoms with Gasteiger partial charge in [-0.2, -0.15) is 0 Å². The van der Waals surface area contributed by atoms with E-state index in [9.17, 15) is 4.79 Å². The van der Waals surface area contributed by atoms with E-state index >= 15 is 0 Å². The molecule has 0 atom stereocenters. The lowest BCUT2D eigenvalue weighted by Crippen LogP contribution is -1.97. The lowest BCUT2D eigenvalue weighted by molar-refractivity contribution is 0.0693. The van der Waals surface area contributed by atoms with E-state index < -0.39 is 5.97 Å². The molecule has 4 heteroatoms. The Morgan fingerprint density at radius 1 is 0.840 bits per heavy atom. The standard InChI is InChI=1S/C14H12O2S.C7H8S/c1-10-6-8-11(9-7-10)17-13-5-3-2-4-12(13)14(15)16;1-6-2-4-7(8)5-3-6/h2-9H,1H3,(H,15,16);2-5,8H,1H3. The van der Waals surface area contributed by atoms with Gasteiger partial charge in [-0.3, -0.25) is 0 Å². The Balaban J connectivity index is 0.000000236. The van der Waals surface area contributed by atoms with Gasteiger partial charge in [0, 0.05) is 14.7 Å². The number of aryl methyl sites for hydroxylation is 2. The monoisotopic (exact) mass is 368 g/mol. The molecule has 0 bridgehead atoms. The maximum absolute atomic E-state index is 11.1. The number of aromatic carboxylic acids is 1. The first-order valence-electron chi connectivity index (χ1n) is 7.78. The van der Waals surface area contributed by atoms with Gasteiger partial charge in [-0.25, -0.2) is 4.79 Å². The van der Waals surface area contributed by atoms with E-state index in [1.807, 2.05) is 67.6 Å². The summed E-state index contributed by atoms with van der Waals surface area (Å²) in [5.41, 5.74) is 2.82. The Labute approximate surface area is 158 Å². The molecule has 3 rings (SSSR count). The molecule has 0 fully saturated rings. The van der Waals surface area contributed by atoms with Crippen molar-refractivity contribution in [3.05, 3.63) is 89.5 Å². The van der Waals surface area contributed by atoms with Crippen molar-refractivity contribution in [2.24, 2.45) is 0 Å². The van der Waals surface area contributed by atoms with Crippen molar-refractivity contribution >= 4 is 30.4 Å². The second kappa shape index (κ2) is 9.35. The summed E-state index contributed by atoms with van der Waals surface area (Å²) in [5.74, 6) is -0.889. The molecule has 3 aromatic carbocycles. The molecular weight excluding hydrogens is 348 g/mol. The zero-order chi connectivity index (χ0) is 18.2. The summed E-state index contributed by atoms with van der Waals surface area (Å²) in [4.78, 5) is 13.9. The normalized spacial score (nSPS) is 9.88. The Kier molecular flexibility index (Phi) is 7.16. The van der Waals surface area contributed by atoms with Gasteiger partial charge in [-0.1, -0.05) is 59.3 Å². The third-order valence-corrected chi connectivity index (χ3v) is 4.78. The van der Waals surface area contributed by atoms with Gasteiger partial charge in [0.2, 0.25) is 0 Å². The van der Waals surface area contributed by atoms with Crippen LogP contribution in [0.5, 0.6) is 0 Å². The summed E-state index contributed by atoms with van der Waals surface area (Å²) in [5, 5.41) is 9.07. The molecule has 0 aliphatic carbocycles. The second-order valence-corrected chi connectivity index (χ2v) is 7.18. The number of benzene rings is 3. The van der Waals surface area contributed by atoms with Crippen LogP contribution in [0.2, 0.25) is 0 Å². The number of carboxylic acid groups (broad SMARTS) is 1. The summed E-state index contributed by atoms with van der Waals surface area (Å²) in [6.45, 7) is 4.09. The van der Waals surface area contributed by atoms with E-state index in [-0.39, 0.29) is 0 Å². The molecule has 0 unspecified atom stereocenters. The maximum Gasteiger partial charge on any atom is 0.336 e. The molecule has 0 saturated heterocycles. The Morgan fingerprint density at radius 2 is 1.36 bits per heavy atom. The number of carbonyl (C=O) groups is 1. The number of rotatable bonds is 3. The highest BCUT2D eigenvalue weighted by Gasteiger charge is 2.09. The Bertz CT molecular complexity index is 804. The van der Waals surface area contributed by atoms with Crippen molar-refractivity contribution in [2.75, 3.05) is 0 Å². The second-order valence-electron chi connectivity index (χ2n) is 5.55. The van der Waals surface area contributed by atoms with Gasteiger partial charge in [-0.05, 0) is 50.2 Å². The average Bonchev–Trinajstić information content (AvgIpc) is 2.60. The summed E-state index contributed by atoms with van der Waals surface area (Å²) < 4.78 is 0. The summed E-state index contributed by atoms with van der Waals surface area (Å²) >= 11 is 5.60. The SMILES string of the molecule is Cc1ccc(S)cc1.Cc1ccc(Sc2ccccc2C(=O)O)cc1. The molecule has 0 amide bonds. The van der Waals surface area contributed by atoms with Gasteiger partial charge >= 0.3 is 5.97 Å². The third-order valence-electron chi connectivity index (χ3n) is 3.40. The molecular formula is C21H20O2S2. The van der Waals surface area contributed by atoms with E-state index in [2.05, 4.69) is 19.6 Å². The number of hydrogen-bond donors (Lipinski definition) is 2. The highest BCUT2D eigenvalue weighted by molar-refractivity contribution is 7.99. The van der Waals surface area contributed by atoms with E-state index in [0.717, 1.165) is 14.7 Å². The minimum absolute atomic E-state index is 0.345. The summed E-state index contributed by atoms with van der Waals surface area (Å²) in [7, 11) is 0. The summed E-state index contributed by atoms with van der Waals surface area (Å²) in [6.07, 6.45) is 0. The first kappa shape index (κ1) is 19.2. The van der Waals surface area contributed by atoms with Crippen molar-refractivity contribution in [3.8, 4) is 0 Å². The summed E-state index contributed by atoms with van der Waals surface area (Å²) in [6, 6.07) is 23.1. The van der Waals surface area contributed by atoms with E-state index in [1.165, 1.54) is 22.9 Å². The van der Waals surface area contributed by atoms with E-state index in [0.29, 0.717) is 5.56 Å². The van der Waals surface area contributed by atoms with Crippen LogP contribution in [0, 0.1) is 13.8 Å². The highest BCUT2D eigenvalue weighted by Crippen LogP contribution is 2.30. The van der Waals surface area contributed by atoms with Crippen molar-refractivity contribution < 1.29 is 9.90 Å². The molecule has 0 saturated carbocycles. The molecule has 0 aliphatic rings. The lowest BCUT2D eigenvalue weighted by Gasteiger charge is -2.05. The number of hydrogen-bond acceptors (Lipinski definition) is 3. The topological polar surface area (TPSA) is 37.3 Å². The third kappa shape index (κ3) is 6.33. The molecule has 2 nitrogen and oxygen atoms in total. The van der Waals surface area contributed by atoms with Crippen LogP contribution in [0.1, 0.15) is 21.5 Å². The minimum atomic E-state index is -0.889.